The molecule has 6 aromatic carbocycles. The first-order chi connectivity index (χ1) is 32.1. The molecule has 0 saturated carbocycles. The van der Waals surface area contributed by atoms with Gasteiger partial charge >= 0.3 is 0 Å². The van der Waals surface area contributed by atoms with Crippen molar-refractivity contribution in [3.63, 3.8) is 0 Å². The Balaban J connectivity index is 1.09. The molecule has 1 unspecified atom stereocenters. The van der Waals surface area contributed by atoms with Gasteiger partial charge in [0.1, 0.15) is 42.7 Å². The van der Waals surface area contributed by atoms with Gasteiger partial charge in [-0.2, -0.15) is 0 Å². The largest absolute Gasteiger partial charge is 0.368 e. The zero-order chi connectivity index (χ0) is 44.5. The fourth-order valence-electron chi connectivity index (χ4n) is 8.26. The smallest absolute Gasteiger partial charge is 0.186 e. The van der Waals surface area contributed by atoms with Crippen LogP contribution in [0.5, 0.6) is 0 Å². The predicted molar refractivity (Wildman–Crippen MR) is 246 cm³/mol. The Morgan fingerprint density at radius 2 is 0.615 bits per heavy atom. The van der Waals surface area contributed by atoms with Crippen LogP contribution in [0.15, 0.2) is 182 Å². The van der Waals surface area contributed by atoms with Crippen LogP contribution in [-0.4, -0.2) is 75.1 Å². The second-order valence-electron chi connectivity index (χ2n) is 16.4. The molecule has 8 rings (SSSR count). The maximum atomic E-state index is 6.90. The summed E-state index contributed by atoms with van der Waals surface area (Å²) in [5.41, 5.74) is 6.09. The Morgan fingerprint density at radius 3 is 0.969 bits per heavy atom. The summed E-state index contributed by atoms with van der Waals surface area (Å²) in [5, 5.41) is 0. The van der Waals surface area contributed by atoms with Crippen LogP contribution >= 0.6 is 0 Å². The topological polar surface area (TPSA) is 92.3 Å². The fraction of sp³-hybridized carbons (Fsp3) is 0.345. The van der Waals surface area contributed by atoms with Crippen LogP contribution in [0.3, 0.4) is 0 Å². The Bertz CT molecular complexity index is 2200. The number of rotatable bonds is 22. The van der Waals surface area contributed by atoms with Gasteiger partial charge in [-0.3, -0.25) is 0 Å². The van der Waals surface area contributed by atoms with Crippen LogP contribution in [0.4, 0.5) is 0 Å². The monoisotopic (exact) mass is 880 g/mol. The summed E-state index contributed by atoms with van der Waals surface area (Å²) in [7, 11) is 1.62. The Hall–Kier alpha value is -5.08. The summed E-state index contributed by atoms with van der Waals surface area (Å²) < 4.78 is 67.4. The standard InChI is InChI=1S/C55H60O10/c1-40-48(57-33-41-21-9-3-10-22-41)50(59-35-43-25-13-5-14-26-43)53(62-38-46-31-19-8-20-32-46)55(64-40)63-39-47-49(58-34-42-23-11-4-12-24-42)51(60-36-44-27-15-6-16-28-44)52(54(56-2)65-47)61-37-45-29-17-7-18-30-45/h3-32,40,47-55H,33-39H2,1-2H3/t40-,47-,48-,49-,50+,51+,52-,53-,54+,55?/m1/s1. The minimum atomic E-state index is -0.888. The Labute approximate surface area is 383 Å². The summed E-state index contributed by atoms with van der Waals surface area (Å²) in [6.45, 7) is 3.97. The van der Waals surface area contributed by atoms with Crippen LogP contribution in [0, 0.1) is 0 Å². The van der Waals surface area contributed by atoms with Gasteiger partial charge in [0.15, 0.2) is 12.6 Å². The summed E-state index contributed by atoms with van der Waals surface area (Å²) in [5.74, 6) is 0. The summed E-state index contributed by atoms with van der Waals surface area (Å²) in [4.78, 5) is 0. The number of methoxy groups -OCH3 is 1. The molecule has 0 aliphatic carbocycles. The summed E-state index contributed by atoms with van der Waals surface area (Å²) in [6.07, 6.45) is -6.59. The van der Waals surface area contributed by atoms with Crippen molar-refractivity contribution in [2.45, 2.75) is 108 Å². The molecule has 10 nitrogen and oxygen atoms in total. The van der Waals surface area contributed by atoms with E-state index in [1.807, 2.05) is 189 Å². The molecule has 0 amide bonds. The minimum Gasteiger partial charge on any atom is -0.368 e. The van der Waals surface area contributed by atoms with E-state index < -0.39 is 61.4 Å². The van der Waals surface area contributed by atoms with Crippen LogP contribution in [0.2, 0.25) is 0 Å². The third kappa shape index (κ3) is 13.3. The molecule has 2 saturated heterocycles. The van der Waals surface area contributed by atoms with Gasteiger partial charge in [0.05, 0.1) is 52.4 Å². The number of ether oxygens (including phenoxy) is 10. The molecule has 0 spiro atoms. The lowest BCUT2D eigenvalue weighted by molar-refractivity contribution is -0.347. The molecule has 10 atom stereocenters. The molecule has 0 aromatic heterocycles. The molecule has 2 aliphatic heterocycles. The van der Waals surface area contributed by atoms with E-state index in [0.717, 1.165) is 33.4 Å². The first-order valence-corrected chi connectivity index (χ1v) is 22.5. The van der Waals surface area contributed by atoms with Gasteiger partial charge in [0, 0.05) is 7.11 Å². The molecular formula is C55H60O10. The second-order valence-corrected chi connectivity index (χ2v) is 16.4. The van der Waals surface area contributed by atoms with Crippen molar-refractivity contribution in [1.82, 2.24) is 0 Å². The SMILES string of the molecule is CO[C@H]1O[C@H](COC2O[C@H](C)[C@@H](OCc3ccccc3)[C@H](OCc3ccccc3)[C@H]2OCc2ccccc2)[C@@H](OCc2ccccc2)[C@H](OCc2ccccc2)[C@H]1OCc1ccccc1. The van der Waals surface area contributed by atoms with Gasteiger partial charge in [-0.1, -0.05) is 182 Å². The quantitative estimate of drug-likeness (QED) is 0.0657. The third-order valence-electron chi connectivity index (χ3n) is 11.7. The average molecular weight is 881 g/mol. The first-order valence-electron chi connectivity index (χ1n) is 22.5. The number of benzene rings is 6. The van der Waals surface area contributed by atoms with Gasteiger partial charge in [-0.25, -0.2) is 0 Å². The van der Waals surface area contributed by atoms with E-state index in [2.05, 4.69) is 0 Å². The lowest BCUT2D eigenvalue weighted by Crippen LogP contribution is -2.63. The van der Waals surface area contributed by atoms with Crippen molar-refractivity contribution in [2.24, 2.45) is 0 Å². The maximum absolute atomic E-state index is 6.90. The molecule has 340 valence electrons. The fourth-order valence-corrected chi connectivity index (χ4v) is 8.26. The molecule has 0 bridgehead atoms. The van der Waals surface area contributed by atoms with Crippen LogP contribution in [0.25, 0.3) is 0 Å². The van der Waals surface area contributed by atoms with Crippen molar-refractivity contribution in [3.8, 4) is 0 Å². The van der Waals surface area contributed by atoms with Gasteiger partial charge in [0.25, 0.3) is 0 Å². The van der Waals surface area contributed by atoms with Crippen molar-refractivity contribution in [3.05, 3.63) is 215 Å². The highest BCUT2D eigenvalue weighted by atomic mass is 16.7. The maximum Gasteiger partial charge on any atom is 0.186 e. The summed E-state index contributed by atoms with van der Waals surface area (Å²) in [6, 6.07) is 60.4. The average Bonchev–Trinajstić information content (AvgIpc) is 3.36. The van der Waals surface area contributed by atoms with E-state index in [1.165, 1.54) is 0 Å². The lowest BCUT2D eigenvalue weighted by atomic mass is 9.97. The lowest BCUT2D eigenvalue weighted by Gasteiger charge is -2.47. The van der Waals surface area contributed by atoms with Crippen molar-refractivity contribution in [2.75, 3.05) is 13.7 Å². The van der Waals surface area contributed by atoms with Crippen LogP contribution in [0.1, 0.15) is 40.3 Å². The normalized spacial score (nSPS) is 25.6. The van der Waals surface area contributed by atoms with Gasteiger partial charge in [-0.05, 0) is 40.3 Å². The predicted octanol–water partition coefficient (Wildman–Crippen LogP) is 9.63. The van der Waals surface area contributed by atoms with Crippen LogP contribution < -0.4 is 0 Å². The minimum absolute atomic E-state index is 0.0411. The van der Waals surface area contributed by atoms with E-state index in [0.29, 0.717) is 39.6 Å². The number of hydrogen-bond donors (Lipinski definition) is 0. The molecule has 2 heterocycles. The van der Waals surface area contributed by atoms with E-state index in [-0.39, 0.29) is 6.61 Å². The van der Waals surface area contributed by atoms with E-state index in [4.69, 9.17) is 47.4 Å². The highest BCUT2D eigenvalue weighted by Gasteiger charge is 2.51. The van der Waals surface area contributed by atoms with Gasteiger partial charge in [0.2, 0.25) is 0 Å². The van der Waals surface area contributed by atoms with Gasteiger partial charge in [-0.15, -0.1) is 0 Å². The zero-order valence-electron chi connectivity index (χ0n) is 37.1. The molecule has 2 aliphatic rings. The first kappa shape index (κ1) is 46.4. The van der Waals surface area contributed by atoms with Gasteiger partial charge < -0.3 is 47.4 Å². The van der Waals surface area contributed by atoms with E-state index >= 15 is 0 Å². The van der Waals surface area contributed by atoms with Crippen molar-refractivity contribution < 1.29 is 47.4 Å². The highest BCUT2D eigenvalue weighted by molar-refractivity contribution is 5.18. The van der Waals surface area contributed by atoms with E-state index in [1.54, 1.807) is 7.11 Å². The molecular weight excluding hydrogens is 821 g/mol. The molecule has 65 heavy (non-hydrogen) atoms. The molecule has 6 aromatic rings. The zero-order valence-corrected chi connectivity index (χ0v) is 37.1. The highest BCUT2D eigenvalue weighted by Crippen LogP contribution is 2.34. The Morgan fingerprint density at radius 1 is 0.323 bits per heavy atom. The third-order valence-corrected chi connectivity index (χ3v) is 11.7. The van der Waals surface area contributed by atoms with Crippen molar-refractivity contribution >= 4 is 0 Å². The molecule has 2 fully saturated rings. The van der Waals surface area contributed by atoms with Crippen molar-refractivity contribution in [1.29, 1.82) is 0 Å². The summed E-state index contributed by atoms with van der Waals surface area (Å²) >= 11 is 0. The number of hydrogen-bond acceptors (Lipinski definition) is 10. The van der Waals surface area contributed by atoms with Crippen LogP contribution in [-0.2, 0) is 87.0 Å². The molecule has 0 radical (unpaired) electrons. The van der Waals surface area contributed by atoms with E-state index in [9.17, 15) is 0 Å². The second kappa shape index (κ2) is 24.4. The Kier molecular flexibility index (Phi) is 17.5. The molecule has 0 N–H and O–H groups in total. The molecule has 10 heteroatoms.